The van der Waals surface area contributed by atoms with Crippen molar-refractivity contribution in [3.05, 3.63) is 50.7 Å². The molecule has 0 aliphatic carbocycles. The molecule has 19 heavy (non-hydrogen) atoms. The molecular formula is C15H15ClO2S. The van der Waals surface area contributed by atoms with Gasteiger partial charge in [0, 0.05) is 11.3 Å². The summed E-state index contributed by atoms with van der Waals surface area (Å²) in [6.07, 6.45) is 2.15. The Morgan fingerprint density at radius 3 is 3.00 bits per heavy atom. The summed E-state index contributed by atoms with van der Waals surface area (Å²) in [6, 6.07) is 10.0. The number of aryl methyl sites for hydroxylation is 1. The highest BCUT2D eigenvalue weighted by molar-refractivity contribution is 7.16. The zero-order valence-electron chi connectivity index (χ0n) is 10.4. The molecule has 1 aromatic heterocycles. The van der Waals surface area contributed by atoms with Crippen LogP contribution in [0.1, 0.15) is 28.5 Å². The van der Waals surface area contributed by atoms with Crippen molar-refractivity contribution >= 4 is 22.9 Å². The number of rotatable bonds is 4. The lowest BCUT2D eigenvalue weighted by Gasteiger charge is -2.09. The Morgan fingerprint density at radius 1 is 1.32 bits per heavy atom. The summed E-state index contributed by atoms with van der Waals surface area (Å²) in [5, 5.41) is 10.1. The molecule has 1 N–H and O–H groups in total. The number of aliphatic hydroxyl groups excluding tert-OH is 1. The second kappa shape index (κ2) is 5.53. The molecule has 0 spiro atoms. The molecule has 1 atom stereocenters. The Morgan fingerprint density at radius 2 is 2.21 bits per heavy atom. The van der Waals surface area contributed by atoms with E-state index in [1.54, 1.807) is 0 Å². The van der Waals surface area contributed by atoms with Crippen molar-refractivity contribution in [2.75, 3.05) is 6.61 Å². The molecule has 2 aromatic rings. The lowest BCUT2D eigenvalue weighted by atomic mass is 10.0. The van der Waals surface area contributed by atoms with Gasteiger partial charge in [-0.05, 0) is 42.2 Å². The van der Waals surface area contributed by atoms with Crippen molar-refractivity contribution in [2.45, 2.75) is 25.4 Å². The lowest BCUT2D eigenvalue weighted by molar-refractivity contribution is 0.171. The minimum atomic E-state index is -0.429. The number of hydrogen-bond donors (Lipinski definition) is 1. The Hall–Kier alpha value is -1.03. The monoisotopic (exact) mass is 294 g/mol. The molecule has 0 radical (unpaired) electrons. The Labute approximate surface area is 121 Å². The number of ether oxygens (including phenoxy) is 1. The minimum absolute atomic E-state index is 0.429. The largest absolute Gasteiger partial charge is 0.493 e. The number of aliphatic hydroxyl groups is 1. The van der Waals surface area contributed by atoms with Gasteiger partial charge in [0.2, 0.25) is 0 Å². The molecule has 2 heterocycles. The maximum Gasteiger partial charge on any atom is 0.122 e. The molecule has 1 aliphatic heterocycles. The third kappa shape index (κ3) is 2.94. The van der Waals surface area contributed by atoms with Crippen molar-refractivity contribution in [1.29, 1.82) is 0 Å². The number of halogens is 1. The predicted octanol–water partition coefficient (Wildman–Crippen LogP) is 4.00. The second-order valence-corrected chi connectivity index (χ2v) is 6.48. The summed E-state index contributed by atoms with van der Waals surface area (Å²) in [7, 11) is 0. The van der Waals surface area contributed by atoms with E-state index in [0.717, 1.165) is 40.8 Å². The van der Waals surface area contributed by atoms with Gasteiger partial charge in [0.25, 0.3) is 0 Å². The van der Waals surface area contributed by atoms with E-state index in [1.165, 1.54) is 22.5 Å². The number of hydrogen-bond acceptors (Lipinski definition) is 3. The third-order valence-electron chi connectivity index (χ3n) is 3.38. The van der Waals surface area contributed by atoms with E-state index in [1.807, 2.05) is 18.2 Å². The molecule has 0 saturated carbocycles. The molecular weight excluding hydrogens is 280 g/mol. The minimum Gasteiger partial charge on any atom is -0.493 e. The Balaban J connectivity index is 1.63. The van der Waals surface area contributed by atoms with Crippen LogP contribution in [0.3, 0.4) is 0 Å². The van der Waals surface area contributed by atoms with Crippen LogP contribution in [0, 0.1) is 0 Å². The highest BCUT2D eigenvalue weighted by Gasteiger charge is 2.14. The maximum absolute atomic E-state index is 10.1. The standard InChI is InChI=1S/C15H15ClO2S/c16-15-6-5-14(19-15)12(17)3-1-10-2-4-13-11(9-10)7-8-18-13/h2,4-6,9,12,17H,1,3,7-8H2. The average Bonchev–Trinajstić information content (AvgIpc) is 3.03. The number of thiophene rings is 1. The van der Waals surface area contributed by atoms with Gasteiger partial charge in [-0.15, -0.1) is 11.3 Å². The highest BCUT2D eigenvalue weighted by atomic mass is 35.5. The first-order chi connectivity index (χ1) is 9.22. The normalized spacial score (nSPS) is 15.1. The molecule has 0 amide bonds. The van der Waals surface area contributed by atoms with Crippen LogP contribution in [-0.2, 0) is 12.8 Å². The van der Waals surface area contributed by atoms with Gasteiger partial charge in [-0.2, -0.15) is 0 Å². The molecule has 2 nitrogen and oxygen atoms in total. The van der Waals surface area contributed by atoms with E-state index in [9.17, 15) is 5.11 Å². The molecule has 1 unspecified atom stereocenters. The van der Waals surface area contributed by atoms with Crippen LogP contribution < -0.4 is 4.74 Å². The molecule has 0 fully saturated rings. The van der Waals surface area contributed by atoms with Gasteiger partial charge in [0.1, 0.15) is 5.75 Å². The first-order valence-corrected chi connectivity index (χ1v) is 7.60. The fourth-order valence-corrected chi connectivity index (χ4v) is 3.43. The van der Waals surface area contributed by atoms with Crippen LogP contribution in [0.2, 0.25) is 4.34 Å². The Bertz CT molecular complexity index is 579. The zero-order chi connectivity index (χ0) is 13.2. The highest BCUT2D eigenvalue weighted by Crippen LogP contribution is 2.30. The summed E-state index contributed by atoms with van der Waals surface area (Å²) in [6.45, 7) is 0.787. The van der Waals surface area contributed by atoms with Gasteiger partial charge in [-0.1, -0.05) is 23.7 Å². The van der Waals surface area contributed by atoms with Crippen LogP contribution in [0.15, 0.2) is 30.3 Å². The van der Waals surface area contributed by atoms with Gasteiger partial charge in [0.05, 0.1) is 17.0 Å². The fraction of sp³-hybridized carbons (Fsp3) is 0.333. The SMILES string of the molecule is OC(CCc1ccc2c(c1)CCO2)c1ccc(Cl)s1. The smallest absolute Gasteiger partial charge is 0.122 e. The first kappa shape index (κ1) is 13.0. The summed E-state index contributed by atoms with van der Waals surface area (Å²) < 4.78 is 6.21. The second-order valence-electron chi connectivity index (χ2n) is 4.74. The quantitative estimate of drug-likeness (QED) is 0.923. The van der Waals surface area contributed by atoms with Crippen molar-refractivity contribution in [3.8, 4) is 5.75 Å². The van der Waals surface area contributed by atoms with Crippen LogP contribution in [0.4, 0.5) is 0 Å². The lowest BCUT2D eigenvalue weighted by Crippen LogP contribution is -1.97. The van der Waals surface area contributed by atoms with Gasteiger partial charge in [0.15, 0.2) is 0 Å². The van der Waals surface area contributed by atoms with Gasteiger partial charge >= 0.3 is 0 Å². The summed E-state index contributed by atoms with van der Waals surface area (Å²) in [5.74, 6) is 1.01. The van der Waals surface area contributed by atoms with Gasteiger partial charge in [-0.25, -0.2) is 0 Å². The molecule has 4 heteroatoms. The summed E-state index contributed by atoms with van der Waals surface area (Å²) in [5.41, 5.74) is 2.54. The van der Waals surface area contributed by atoms with Crippen LogP contribution >= 0.6 is 22.9 Å². The van der Waals surface area contributed by atoms with E-state index in [2.05, 4.69) is 12.1 Å². The maximum atomic E-state index is 10.1. The molecule has 1 aromatic carbocycles. The van der Waals surface area contributed by atoms with E-state index >= 15 is 0 Å². The zero-order valence-corrected chi connectivity index (χ0v) is 12.0. The summed E-state index contributed by atoms with van der Waals surface area (Å²) >= 11 is 7.33. The third-order valence-corrected chi connectivity index (χ3v) is 4.72. The predicted molar refractivity (Wildman–Crippen MR) is 78.3 cm³/mol. The molecule has 0 saturated heterocycles. The van der Waals surface area contributed by atoms with Crippen molar-refractivity contribution in [2.24, 2.45) is 0 Å². The molecule has 1 aliphatic rings. The van der Waals surface area contributed by atoms with Crippen LogP contribution in [-0.4, -0.2) is 11.7 Å². The van der Waals surface area contributed by atoms with Crippen molar-refractivity contribution < 1.29 is 9.84 Å². The molecule has 100 valence electrons. The van der Waals surface area contributed by atoms with E-state index in [0.29, 0.717) is 0 Å². The number of benzene rings is 1. The summed E-state index contributed by atoms with van der Waals surface area (Å²) in [4.78, 5) is 0.939. The van der Waals surface area contributed by atoms with Crippen molar-refractivity contribution in [3.63, 3.8) is 0 Å². The molecule has 3 rings (SSSR count). The van der Waals surface area contributed by atoms with Gasteiger partial charge in [-0.3, -0.25) is 0 Å². The van der Waals surface area contributed by atoms with Crippen LogP contribution in [0.25, 0.3) is 0 Å². The van der Waals surface area contributed by atoms with E-state index < -0.39 is 6.10 Å². The first-order valence-electron chi connectivity index (χ1n) is 6.40. The number of fused-ring (bicyclic) bond motifs is 1. The average molecular weight is 295 g/mol. The van der Waals surface area contributed by atoms with E-state index in [4.69, 9.17) is 16.3 Å². The van der Waals surface area contributed by atoms with Crippen LogP contribution in [0.5, 0.6) is 5.75 Å². The van der Waals surface area contributed by atoms with Gasteiger partial charge < -0.3 is 9.84 Å². The van der Waals surface area contributed by atoms with Crippen molar-refractivity contribution in [1.82, 2.24) is 0 Å². The van der Waals surface area contributed by atoms with E-state index in [-0.39, 0.29) is 0 Å². The fourth-order valence-electron chi connectivity index (χ4n) is 2.35. The molecule has 0 bridgehead atoms. The Kier molecular flexibility index (Phi) is 3.78. The topological polar surface area (TPSA) is 29.5 Å².